The maximum Gasteiger partial charge on any atom is 0.274 e. The predicted octanol–water partition coefficient (Wildman–Crippen LogP) is 3.79. The Hall–Kier alpha value is -1.40. The monoisotopic (exact) mass is 360 g/mol. The van der Waals surface area contributed by atoms with Gasteiger partial charge in [0.05, 0.1) is 5.69 Å². The highest BCUT2D eigenvalue weighted by Crippen LogP contribution is 2.25. The molecule has 0 saturated carbocycles. The van der Waals surface area contributed by atoms with Gasteiger partial charge >= 0.3 is 0 Å². The van der Waals surface area contributed by atoms with Gasteiger partial charge < -0.3 is 4.90 Å². The number of carbonyl (C=O) groups is 1. The summed E-state index contributed by atoms with van der Waals surface area (Å²) < 4.78 is 2.13. The van der Waals surface area contributed by atoms with Crippen LogP contribution >= 0.6 is 11.3 Å². The summed E-state index contributed by atoms with van der Waals surface area (Å²) >= 11 is 1.62. The number of hydrogen-bond donors (Lipinski definition) is 0. The van der Waals surface area contributed by atoms with Crippen molar-refractivity contribution in [2.75, 3.05) is 19.6 Å². The first-order chi connectivity index (χ1) is 12.2. The van der Waals surface area contributed by atoms with Gasteiger partial charge in [-0.2, -0.15) is 0 Å². The lowest BCUT2D eigenvalue weighted by molar-refractivity contribution is 0.0734. The van der Waals surface area contributed by atoms with Crippen molar-refractivity contribution in [1.29, 1.82) is 0 Å². The highest BCUT2D eigenvalue weighted by molar-refractivity contribution is 7.15. The van der Waals surface area contributed by atoms with Crippen molar-refractivity contribution in [3.63, 3.8) is 0 Å². The molecule has 4 heterocycles. The maximum absolute atomic E-state index is 13.2. The van der Waals surface area contributed by atoms with Crippen LogP contribution in [0.2, 0.25) is 0 Å². The Morgan fingerprint density at radius 1 is 1.16 bits per heavy atom. The molecule has 2 fully saturated rings. The van der Waals surface area contributed by atoms with Gasteiger partial charge in [-0.25, -0.2) is 4.98 Å². The third kappa shape index (κ3) is 3.47. The molecule has 0 unspecified atom stereocenters. The van der Waals surface area contributed by atoms with E-state index >= 15 is 0 Å². The summed E-state index contributed by atoms with van der Waals surface area (Å²) in [4.78, 5) is 23.5. The second kappa shape index (κ2) is 7.46. The number of hydrogen-bond acceptors (Lipinski definition) is 4. The van der Waals surface area contributed by atoms with E-state index in [0.717, 1.165) is 49.7 Å². The van der Waals surface area contributed by atoms with Gasteiger partial charge in [-0.15, -0.1) is 11.3 Å². The van der Waals surface area contributed by atoms with Gasteiger partial charge in [0.25, 0.3) is 5.91 Å². The number of likely N-dealkylation sites (tertiary alicyclic amines) is 2. The number of nitrogens with zero attached hydrogens (tertiary/aromatic N) is 4. The number of rotatable bonds is 3. The molecular formula is C19H28N4OS. The van der Waals surface area contributed by atoms with Crippen LogP contribution in [0.25, 0.3) is 4.96 Å². The third-order valence-corrected chi connectivity index (χ3v) is 6.51. The molecular weight excluding hydrogens is 332 g/mol. The number of fused-ring (bicyclic) bond motifs is 1. The van der Waals surface area contributed by atoms with Gasteiger partial charge in [-0.3, -0.25) is 14.1 Å². The van der Waals surface area contributed by atoms with E-state index in [9.17, 15) is 4.79 Å². The van der Waals surface area contributed by atoms with Crippen LogP contribution in [0.4, 0.5) is 0 Å². The first kappa shape index (κ1) is 17.0. The molecule has 2 aromatic heterocycles. The molecule has 0 N–H and O–H groups in total. The summed E-state index contributed by atoms with van der Waals surface area (Å²) in [6.45, 7) is 6.00. The van der Waals surface area contributed by atoms with Crippen LogP contribution in [0.3, 0.4) is 0 Å². The summed E-state index contributed by atoms with van der Waals surface area (Å²) in [5.41, 5.74) is 1.77. The quantitative estimate of drug-likeness (QED) is 0.836. The number of thiazole rings is 1. The molecule has 0 bridgehead atoms. The third-order valence-electron chi connectivity index (χ3n) is 5.75. The van der Waals surface area contributed by atoms with Crippen molar-refractivity contribution >= 4 is 22.2 Å². The summed E-state index contributed by atoms with van der Waals surface area (Å²) in [7, 11) is 0. The van der Waals surface area contributed by atoms with E-state index in [4.69, 9.17) is 4.98 Å². The molecule has 2 aliphatic heterocycles. The molecule has 4 rings (SSSR count). The number of aromatic nitrogens is 2. The van der Waals surface area contributed by atoms with E-state index in [2.05, 4.69) is 27.8 Å². The van der Waals surface area contributed by atoms with Crippen LogP contribution in [0.15, 0.2) is 11.6 Å². The molecule has 2 aliphatic rings. The molecule has 2 aromatic rings. The Bertz CT molecular complexity index is 729. The normalized spacial score (nSPS) is 23.1. The second-order valence-corrected chi connectivity index (χ2v) is 8.36. The van der Waals surface area contributed by atoms with E-state index in [-0.39, 0.29) is 5.91 Å². The van der Waals surface area contributed by atoms with Crippen molar-refractivity contribution < 1.29 is 4.79 Å². The molecule has 136 valence electrons. The second-order valence-electron chi connectivity index (χ2n) is 7.48. The zero-order valence-electron chi connectivity index (χ0n) is 15.1. The van der Waals surface area contributed by atoms with E-state index in [1.165, 1.54) is 32.1 Å². The number of imidazole rings is 1. The first-order valence-corrected chi connectivity index (χ1v) is 10.6. The number of carbonyl (C=O) groups excluding carboxylic acids is 1. The summed E-state index contributed by atoms with van der Waals surface area (Å²) in [6, 6.07) is 0.592. The van der Waals surface area contributed by atoms with E-state index in [1.807, 2.05) is 4.90 Å². The summed E-state index contributed by atoms with van der Waals surface area (Å²) in [5, 5.41) is 2.06. The molecule has 0 aromatic carbocycles. The molecule has 0 aliphatic carbocycles. The minimum Gasteiger partial charge on any atom is -0.337 e. The van der Waals surface area contributed by atoms with Gasteiger partial charge in [-0.05, 0) is 39.2 Å². The van der Waals surface area contributed by atoms with Crippen LogP contribution < -0.4 is 0 Å². The van der Waals surface area contributed by atoms with Crippen molar-refractivity contribution in [2.24, 2.45) is 0 Å². The van der Waals surface area contributed by atoms with Crippen molar-refractivity contribution in [3.8, 4) is 0 Å². The fourth-order valence-corrected chi connectivity index (χ4v) is 4.91. The first-order valence-electron chi connectivity index (χ1n) is 9.72. The van der Waals surface area contributed by atoms with E-state index in [0.29, 0.717) is 11.7 Å². The highest BCUT2D eigenvalue weighted by Gasteiger charge is 2.28. The van der Waals surface area contributed by atoms with Crippen LogP contribution in [0.1, 0.15) is 68.1 Å². The number of amides is 1. The van der Waals surface area contributed by atoms with Gasteiger partial charge in [-0.1, -0.05) is 19.3 Å². The molecule has 2 saturated heterocycles. The Morgan fingerprint density at radius 2 is 1.92 bits per heavy atom. The van der Waals surface area contributed by atoms with Crippen molar-refractivity contribution in [3.05, 3.63) is 23.0 Å². The van der Waals surface area contributed by atoms with Gasteiger partial charge in [0.1, 0.15) is 0 Å². The molecule has 5 nitrogen and oxygen atoms in total. The fraction of sp³-hybridized carbons (Fsp3) is 0.684. The Balaban J connectivity index is 1.62. The Labute approximate surface area is 153 Å². The van der Waals surface area contributed by atoms with Crippen LogP contribution in [0.5, 0.6) is 0 Å². The maximum atomic E-state index is 13.2. The Kier molecular flexibility index (Phi) is 5.08. The summed E-state index contributed by atoms with van der Waals surface area (Å²) in [6.07, 6.45) is 10.6. The lowest BCUT2D eigenvalue weighted by Gasteiger charge is -2.25. The van der Waals surface area contributed by atoms with Gasteiger partial charge in [0.2, 0.25) is 0 Å². The molecule has 0 radical (unpaired) electrons. The zero-order chi connectivity index (χ0) is 17.2. The topological polar surface area (TPSA) is 40.9 Å². The smallest absolute Gasteiger partial charge is 0.274 e. The largest absolute Gasteiger partial charge is 0.337 e. The van der Waals surface area contributed by atoms with Crippen LogP contribution in [0, 0.1) is 0 Å². The van der Waals surface area contributed by atoms with Gasteiger partial charge in [0, 0.05) is 37.3 Å². The van der Waals surface area contributed by atoms with E-state index in [1.54, 1.807) is 11.3 Å². The minimum absolute atomic E-state index is 0.139. The van der Waals surface area contributed by atoms with Crippen molar-refractivity contribution in [2.45, 2.75) is 64.5 Å². The highest BCUT2D eigenvalue weighted by atomic mass is 32.1. The lowest BCUT2D eigenvalue weighted by Crippen LogP contribution is -2.35. The average molecular weight is 361 g/mol. The SMILES string of the molecule is C[C@H]1CCCN1Cc1c(C(=O)N2CCCCCCC2)nc2sccn12. The lowest BCUT2D eigenvalue weighted by atomic mass is 10.1. The minimum atomic E-state index is 0.139. The van der Waals surface area contributed by atoms with Crippen LogP contribution in [-0.4, -0.2) is 50.8 Å². The van der Waals surface area contributed by atoms with Crippen molar-refractivity contribution in [1.82, 2.24) is 19.2 Å². The molecule has 0 spiro atoms. The predicted molar refractivity (Wildman–Crippen MR) is 101 cm³/mol. The average Bonchev–Trinajstić information content (AvgIpc) is 3.25. The molecule has 6 heteroatoms. The molecule has 25 heavy (non-hydrogen) atoms. The van der Waals surface area contributed by atoms with Gasteiger partial charge in [0.15, 0.2) is 10.7 Å². The Morgan fingerprint density at radius 3 is 2.64 bits per heavy atom. The van der Waals surface area contributed by atoms with E-state index < -0.39 is 0 Å². The standard InChI is InChI=1S/C19H28N4OS/c1-15-8-7-11-22(15)14-16-17(20-19-23(16)12-13-25-19)18(24)21-9-5-3-2-4-6-10-21/h12-13,15H,2-11,14H2,1H3/t15-/m0/s1. The summed E-state index contributed by atoms with van der Waals surface area (Å²) in [5.74, 6) is 0.139. The zero-order valence-corrected chi connectivity index (χ0v) is 15.9. The van der Waals surface area contributed by atoms with Crippen LogP contribution in [-0.2, 0) is 6.54 Å². The fourth-order valence-electron chi connectivity index (χ4n) is 4.18. The molecule has 1 atom stereocenters. The molecule has 1 amide bonds.